The van der Waals surface area contributed by atoms with E-state index in [2.05, 4.69) is 10.4 Å². The van der Waals surface area contributed by atoms with E-state index in [9.17, 15) is 14.0 Å². The molecular weight excluding hydrogens is 425 g/mol. The molecular formula is C22H23ClFN3O4. The largest absolute Gasteiger partial charge is 0.494 e. The maximum Gasteiger partial charge on any atom is 0.320 e. The second kappa shape index (κ2) is 8.93. The van der Waals surface area contributed by atoms with Crippen molar-refractivity contribution < 1.29 is 23.5 Å². The van der Waals surface area contributed by atoms with Crippen molar-refractivity contribution in [3.05, 3.63) is 47.9 Å². The third-order valence-corrected chi connectivity index (χ3v) is 4.92. The number of esters is 1. The SMILES string of the molecule is COc1ccc(-c2ccc3c(C(=O)NC(C)(C)COC(=O)CCl)nn(C)c3c2)cc1F. The van der Waals surface area contributed by atoms with E-state index in [1.54, 1.807) is 49.8 Å². The lowest BCUT2D eigenvalue weighted by Crippen LogP contribution is -2.47. The van der Waals surface area contributed by atoms with Gasteiger partial charge in [-0.15, -0.1) is 11.6 Å². The molecule has 0 fully saturated rings. The number of hydrogen-bond acceptors (Lipinski definition) is 5. The van der Waals surface area contributed by atoms with Gasteiger partial charge < -0.3 is 14.8 Å². The highest BCUT2D eigenvalue weighted by Gasteiger charge is 2.26. The van der Waals surface area contributed by atoms with Crippen LogP contribution in [-0.4, -0.2) is 46.8 Å². The van der Waals surface area contributed by atoms with Crippen molar-refractivity contribution in [2.24, 2.45) is 7.05 Å². The van der Waals surface area contributed by atoms with Crippen LogP contribution in [0, 0.1) is 5.82 Å². The summed E-state index contributed by atoms with van der Waals surface area (Å²) in [6.07, 6.45) is 0. The Morgan fingerprint density at radius 2 is 1.87 bits per heavy atom. The zero-order valence-corrected chi connectivity index (χ0v) is 18.4. The van der Waals surface area contributed by atoms with Crippen LogP contribution >= 0.6 is 11.6 Å². The number of benzene rings is 2. The number of carbonyl (C=O) groups is 2. The van der Waals surface area contributed by atoms with Gasteiger partial charge in [-0.2, -0.15) is 5.10 Å². The molecule has 0 aliphatic rings. The molecule has 164 valence electrons. The molecule has 0 spiro atoms. The van der Waals surface area contributed by atoms with Crippen LogP contribution in [0.4, 0.5) is 4.39 Å². The van der Waals surface area contributed by atoms with Gasteiger partial charge in [0, 0.05) is 12.4 Å². The van der Waals surface area contributed by atoms with Gasteiger partial charge in [0.15, 0.2) is 17.3 Å². The molecule has 1 aromatic heterocycles. The predicted molar refractivity (Wildman–Crippen MR) is 116 cm³/mol. The van der Waals surface area contributed by atoms with Crippen LogP contribution in [-0.2, 0) is 16.6 Å². The maximum absolute atomic E-state index is 14.1. The van der Waals surface area contributed by atoms with Gasteiger partial charge in [0.25, 0.3) is 5.91 Å². The highest BCUT2D eigenvalue weighted by atomic mass is 35.5. The zero-order valence-electron chi connectivity index (χ0n) is 17.7. The topological polar surface area (TPSA) is 82.4 Å². The monoisotopic (exact) mass is 447 g/mol. The van der Waals surface area contributed by atoms with Gasteiger partial charge in [-0.25, -0.2) is 4.39 Å². The Balaban J connectivity index is 1.87. The van der Waals surface area contributed by atoms with E-state index in [1.807, 2.05) is 6.07 Å². The van der Waals surface area contributed by atoms with Gasteiger partial charge in [0.1, 0.15) is 12.5 Å². The van der Waals surface area contributed by atoms with Crippen LogP contribution in [0.2, 0.25) is 0 Å². The number of aromatic nitrogens is 2. The van der Waals surface area contributed by atoms with Gasteiger partial charge in [-0.05, 0) is 49.2 Å². The quantitative estimate of drug-likeness (QED) is 0.441. The smallest absolute Gasteiger partial charge is 0.320 e. The molecule has 0 unspecified atom stereocenters. The number of aryl methyl sites for hydroxylation is 1. The molecule has 0 aliphatic carbocycles. The number of halogens is 2. The van der Waals surface area contributed by atoms with Crippen molar-refractivity contribution in [2.75, 3.05) is 19.6 Å². The summed E-state index contributed by atoms with van der Waals surface area (Å²) in [5, 5.41) is 7.82. The number of nitrogens with zero attached hydrogens (tertiary/aromatic N) is 2. The molecule has 0 saturated heterocycles. The number of rotatable bonds is 7. The van der Waals surface area contributed by atoms with Gasteiger partial charge >= 0.3 is 5.97 Å². The summed E-state index contributed by atoms with van der Waals surface area (Å²) in [7, 11) is 3.14. The molecule has 0 saturated carbocycles. The Bertz CT molecular complexity index is 1140. The van der Waals surface area contributed by atoms with E-state index in [1.165, 1.54) is 13.2 Å². The number of alkyl halides is 1. The fraction of sp³-hybridized carbons (Fsp3) is 0.318. The molecule has 3 rings (SSSR count). The Hall–Kier alpha value is -3.13. The van der Waals surface area contributed by atoms with Crippen LogP contribution in [0.3, 0.4) is 0 Å². The average molecular weight is 448 g/mol. The number of amides is 1. The first-order valence-electron chi connectivity index (χ1n) is 9.50. The second-order valence-corrected chi connectivity index (χ2v) is 7.95. The predicted octanol–water partition coefficient (Wildman–Crippen LogP) is 3.68. The Morgan fingerprint density at radius 3 is 2.52 bits per heavy atom. The summed E-state index contributed by atoms with van der Waals surface area (Å²) in [6.45, 7) is 3.43. The molecule has 1 amide bonds. The molecule has 3 aromatic rings. The van der Waals surface area contributed by atoms with Gasteiger partial charge in [-0.3, -0.25) is 14.3 Å². The molecule has 0 aliphatic heterocycles. The fourth-order valence-electron chi connectivity index (χ4n) is 3.15. The van der Waals surface area contributed by atoms with Crippen LogP contribution in [0.25, 0.3) is 22.0 Å². The molecule has 0 atom stereocenters. The van der Waals surface area contributed by atoms with Crippen LogP contribution in [0.15, 0.2) is 36.4 Å². The first kappa shape index (κ1) is 22.6. The number of hydrogen-bond donors (Lipinski definition) is 1. The highest BCUT2D eigenvalue weighted by molar-refractivity contribution is 6.26. The van der Waals surface area contributed by atoms with E-state index in [-0.39, 0.29) is 23.9 Å². The van der Waals surface area contributed by atoms with E-state index >= 15 is 0 Å². The molecule has 0 radical (unpaired) electrons. The highest BCUT2D eigenvalue weighted by Crippen LogP contribution is 2.29. The minimum absolute atomic E-state index is 0.0256. The zero-order chi connectivity index (χ0) is 22.8. The first-order valence-corrected chi connectivity index (χ1v) is 10.0. The van der Waals surface area contributed by atoms with Crippen molar-refractivity contribution >= 4 is 34.4 Å². The summed E-state index contributed by atoms with van der Waals surface area (Å²) in [5.74, 6) is -1.50. The standard InChI is InChI=1S/C22H23ClFN3O4/c1-22(2,12-31-19(28)11-23)25-21(29)20-15-7-5-14(10-17(15)27(3)26-20)13-6-8-18(30-4)16(24)9-13/h5-10H,11-12H2,1-4H3,(H,25,29). The lowest BCUT2D eigenvalue weighted by Gasteiger charge is -2.25. The minimum atomic E-state index is -0.816. The van der Waals surface area contributed by atoms with Crippen molar-refractivity contribution in [3.8, 4) is 16.9 Å². The molecule has 0 bridgehead atoms. The van der Waals surface area contributed by atoms with E-state index in [0.29, 0.717) is 16.5 Å². The van der Waals surface area contributed by atoms with E-state index < -0.39 is 23.2 Å². The molecule has 2 aromatic carbocycles. The minimum Gasteiger partial charge on any atom is -0.494 e. The van der Waals surface area contributed by atoms with Gasteiger partial charge in [0.05, 0.1) is 18.2 Å². The molecule has 9 heteroatoms. The second-order valence-electron chi connectivity index (χ2n) is 7.69. The summed E-state index contributed by atoms with van der Waals surface area (Å²) in [5.41, 5.74) is 1.59. The van der Waals surface area contributed by atoms with Crippen molar-refractivity contribution in [1.82, 2.24) is 15.1 Å². The summed E-state index contributed by atoms with van der Waals surface area (Å²) in [6, 6.07) is 10.1. The summed E-state index contributed by atoms with van der Waals surface area (Å²) < 4.78 is 25.7. The van der Waals surface area contributed by atoms with E-state index in [4.69, 9.17) is 21.1 Å². The third kappa shape index (κ3) is 4.96. The normalized spacial score (nSPS) is 11.4. The third-order valence-electron chi connectivity index (χ3n) is 4.71. The van der Waals surface area contributed by atoms with Crippen LogP contribution in [0.5, 0.6) is 5.75 Å². The number of ether oxygens (including phenoxy) is 2. The number of fused-ring (bicyclic) bond motifs is 1. The average Bonchev–Trinajstić information content (AvgIpc) is 3.08. The van der Waals surface area contributed by atoms with Gasteiger partial charge in [-0.1, -0.05) is 12.1 Å². The first-order chi connectivity index (χ1) is 14.6. The van der Waals surface area contributed by atoms with Crippen molar-refractivity contribution in [2.45, 2.75) is 19.4 Å². The number of carbonyl (C=O) groups excluding carboxylic acids is 2. The fourth-order valence-corrected chi connectivity index (χ4v) is 3.23. The Morgan fingerprint density at radius 1 is 1.19 bits per heavy atom. The van der Waals surface area contributed by atoms with Crippen molar-refractivity contribution in [1.29, 1.82) is 0 Å². The van der Waals surface area contributed by atoms with Gasteiger partial charge in [0.2, 0.25) is 0 Å². The summed E-state index contributed by atoms with van der Waals surface area (Å²) in [4.78, 5) is 24.1. The number of methoxy groups -OCH3 is 1. The van der Waals surface area contributed by atoms with Crippen LogP contribution in [0.1, 0.15) is 24.3 Å². The molecule has 31 heavy (non-hydrogen) atoms. The Labute approximate surface area is 184 Å². The molecule has 1 N–H and O–H groups in total. The summed E-state index contributed by atoms with van der Waals surface area (Å²) >= 11 is 5.43. The Kier molecular flexibility index (Phi) is 6.50. The van der Waals surface area contributed by atoms with Crippen LogP contribution < -0.4 is 10.1 Å². The molecule has 1 heterocycles. The maximum atomic E-state index is 14.1. The lowest BCUT2D eigenvalue weighted by atomic mass is 10.0. The number of nitrogens with one attached hydrogen (secondary N) is 1. The van der Waals surface area contributed by atoms with Crippen molar-refractivity contribution in [3.63, 3.8) is 0 Å². The van der Waals surface area contributed by atoms with E-state index in [0.717, 1.165) is 5.56 Å². The lowest BCUT2D eigenvalue weighted by molar-refractivity contribution is -0.142. The molecule has 7 nitrogen and oxygen atoms in total.